The van der Waals surface area contributed by atoms with Crippen molar-refractivity contribution in [2.75, 3.05) is 7.11 Å². The summed E-state index contributed by atoms with van der Waals surface area (Å²) in [4.78, 5) is 12.3. The lowest BCUT2D eigenvalue weighted by Gasteiger charge is -2.10. The van der Waals surface area contributed by atoms with Gasteiger partial charge in [0.2, 0.25) is 5.91 Å². The number of benzene rings is 3. The largest absolute Gasteiger partial charge is 0.497 e. The number of rotatable bonds is 8. The summed E-state index contributed by atoms with van der Waals surface area (Å²) in [5.41, 5.74) is 5.47. The summed E-state index contributed by atoms with van der Waals surface area (Å²) in [5, 5.41) is 3.97. The predicted molar refractivity (Wildman–Crippen MR) is 123 cm³/mol. The summed E-state index contributed by atoms with van der Waals surface area (Å²) in [6, 6.07) is 18.6. The molecule has 0 aliphatic carbocycles. The van der Waals surface area contributed by atoms with E-state index in [-0.39, 0.29) is 23.0 Å². The maximum absolute atomic E-state index is 12.6. The average molecular weight is 453 g/mol. The Labute approximate surface area is 187 Å². The second-order valence-electron chi connectivity index (χ2n) is 7.21. The molecule has 1 amide bonds. The third-order valence-electron chi connectivity index (χ3n) is 4.57. The quantitative estimate of drug-likeness (QED) is 0.319. The van der Waals surface area contributed by atoms with E-state index in [0.29, 0.717) is 11.3 Å². The highest BCUT2D eigenvalue weighted by molar-refractivity contribution is 7.87. The lowest BCUT2D eigenvalue weighted by atomic mass is 10.1. The number of aryl methyl sites for hydroxylation is 2. The molecule has 1 N–H and O–H groups in total. The van der Waals surface area contributed by atoms with Crippen LogP contribution in [0.1, 0.15) is 22.3 Å². The molecule has 32 heavy (non-hydrogen) atoms. The second kappa shape index (κ2) is 10.1. The van der Waals surface area contributed by atoms with Crippen LogP contribution in [-0.2, 0) is 21.3 Å². The SMILES string of the molecule is COc1cccc(CC(=O)N/N=C/c2cc(C)ccc2OS(=O)(=O)c2ccc(C)cc2)c1. The van der Waals surface area contributed by atoms with E-state index in [1.807, 2.05) is 19.9 Å². The van der Waals surface area contributed by atoms with Gasteiger partial charge in [0.1, 0.15) is 10.6 Å². The first-order chi connectivity index (χ1) is 15.3. The van der Waals surface area contributed by atoms with Gasteiger partial charge >= 0.3 is 10.1 Å². The third-order valence-corrected chi connectivity index (χ3v) is 5.81. The second-order valence-corrected chi connectivity index (χ2v) is 8.76. The van der Waals surface area contributed by atoms with E-state index in [2.05, 4.69) is 10.5 Å². The number of methoxy groups -OCH3 is 1. The van der Waals surface area contributed by atoms with Crippen molar-refractivity contribution in [3.05, 3.63) is 89.0 Å². The van der Waals surface area contributed by atoms with Gasteiger partial charge in [0.05, 0.1) is 19.7 Å². The smallest absolute Gasteiger partial charge is 0.339 e. The number of hydrogen-bond donors (Lipinski definition) is 1. The molecular formula is C24H24N2O5S. The van der Waals surface area contributed by atoms with Crippen LogP contribution in [0, 0.1) is 13.8 Å². The molecule has 0 heterocycles. The van der Waals surface area contributed by atoms with E-state index in [4.69, 9.17) is 8.92 Å². The first kappa shape index (κ1) is 23.0. The van der Waals surface area contributed by atoms with Crippen molar-refractivity contribution in [3.8, 4) is 11.5 Å². The maximum Gasteiger partial charge on any atom is 0.339 e. The highest BCUT2D eigenvalue weighted by Gasteiger charge is 2.18. The molecule has 166 valence electrons. The Bertz CT molecular complexity index is 1240. The molecule has 8 heteroatoms. The zero-order chi connectivity index (χ0) is 23.1. The van der Waals surface area contributed by atoms with Gasteiger partial charge in [-0.15, -0.1) is 0 Å². The Morgan fingerprint density at radius 1 is 1.00 bits per heavy atom. The minimum atomic E-state index is -4.02. The average Bonchev–Trinajstić information content (AvgIpc) is 2.76. The molecule has 0 saturated heterocycles. The molecule has 0 spiro atoms. The summed E-state index contributed by atoms with van der Waals surface area (Å²) in [6.45, 7) is 3.73. The third kappa shape index (κ3) is 6.18. The molecule has 0 bridgehead atoms. The van der Waals surface area contributed by atoms with Gasteiger partial charge in [-0.05, 0) is 55.8 Å². The molecule has 0 unspecified atom stereocenters. The van der Waals surface area contributed by atoms with Crippen LogP contribution in [0.4, 0.5) is 0 Å². The molecule has 0 radical (unpaired) electrons. The van der Waals surface area contributed by atoms with Crippen molar-refractivity contribution in [3.63, 3.8) is 0 Å². The van der Waals surface area contributed by atoms with Gasteiger partial charge in [-0.3, -0.25) is 4.79 Å². The topological polar surface area (TPSA) is 94.1 Å². The first-order valence-electron chi connectivity index (χ1n) is 9.83. The Kier molecular flexibility index (Phi) is 7.27. The van der Waals surface area contributed by atoms with Crippen LogP contribution in [0.2, 0.25) is 0 Å². The minimum Gasteiger partial charge on any atom is -0.497 e. The molecule has 7 nitrogen and oxygen atoms in total. The summed E-state index contributed by atoms with van der Waals surface area (Å²) in [6.07, 6.45) is 1.48. The first-order valence-corrected chi connectivity index (χ1v) is 11.2. The Morgan fingerprint density at radius 2 is 1.72 bits per heavy atom. The summed E-state index contributed by atoms with van der Waals surface area (Å²) in [7, 11) is -2.46. The van der Waals surface area contributed by atoms with E-state index in [9.17, 15) is 13.2 Å². The number of amides is 1. The molecule has 0 atom stereocenters. The number of ether oxygens (including phenoxy) is 1. The Hall–Kier alpha value is -3.65. The molecule has 0 aliphatic heterocycles. The van der Waals surface area contributed by atoms with Crippen LogP contribution < -0.4 is 14.3 Å². The van der Waals surface area contributed by atoms with Crippen LogP contribution in [0.5, 0.6) is 11.5 Å². The van der Waals surface area contributed by atoms with Gasteiger partial charge in [0.25, 0.3) is 0 Å². The standard InChI is InChI=1S/C24H24N2O5S/c1-17-7-10-22(11-8-17)32(28,29)31-23-12-9-18(2)13-20(23)16-25-26-24(27)15-19-5-4-6-21(14-19)30-3/h4-14,16H,15H2,1-3H3,(H,26,27)/b25-16+. The van der Waals surface area contributed by atoms with Gasteiger partial charge in [0, 0.05) is 5.56 Å². The van der Waals surface area contributed by atoms with E-state index < -0.39 is 10.1 Å². The van der Waals surface area contributed by atoms with E-state index in [1.54, 1.807) is 55.6 Å². The van der Waals surface area contributed by atoms with Crippen molar-refractivity contribution in [1.82, 2.24) is 5.43 Å². The Morgan fingerprint density at radius 3 is 2.44 bits per heavy atom. The van der Waals surface area contributed by atoms with Crippen molar-refractivity contribution >= 4 is 22.2 Å². The van der Waals surface area contributed by atoms with Gasteiger partial charge < -0.3 is 8.92 Å². The van der Waals surface area contributed by atoms with E-state index in [1.165, 1.54) is 18.3 Å². The minimum absolute atomic E-state index is 0.0538. The van der Waals surface area contributed by atoms with Gasteiger partial charge in [-0.1, -0.05) is 41.5 Å². The van der Waals surface area contributed by atoms with Crippen LogP contribution in [0.15, 0.2) is 76.7 Å². The molecular weight excluding hydrogens is 428 g/mol. The van der Waals surface area contributed by atoms with Crippen molar-refractivity contribution in [1.29, 1.82) is 0 Å². The molecule has 0 saturated carbocycles. The number of nitrogens with one attached hydrogen (secondary N) is 1. The van der Waals surface area contributed by atoms with Crippen LogP contribution >= 0.6 is 0 Å². The number of hydrazone groups is 1. The number of hydrogen-bond acceptors (Lipinski definition) is 6. The highest BCUT2D eigenvalue weighted by Crippen LogP contribution is 2.23. The molecule has 0 aromatic heterocycles. The normalized spacial score (nSPS) is 11.3. The van der Waals surface area contributed by atoms with Crippen LogP contribution in [0.3, 0.4) is 0 Å². The lowest BCUT2D eigenvalue weighted by molar-refractivity contribution is -0.120. The number of carbonyl (C=O) groups excluding carboxylic acids is 1. The fourth-order valence-corrected chi connectivity index (χ4v) is 3.85. The Balaban J connectivity index is 1.72. The van der Waals surface area contributed by atoms with Crippen molar-refractivity contribution in [2.24, 2.45) is 5.10 Å². The van der Waals surface area contributed by atoms with E-state index in [0.717, 1.165) is 16.7 Å². The van der Waals surface area contributed by atoms with Crippen LogP contribution in [-0.4, -0.2) is 27.6 Å². The predicted octanol–water partition coefficient (Wildman–Crippen LogP) is 3.77. The number of nitrogens with zero attached hydrogens (tertiary/aromatic N) is 1. The molecule has 3 aromatic carbocycles. The van der Waals surface area contributed by atoms with Crippen LogP contribution in [0.25, 0.3) is 0 Å². The number of carbonyl (C=O) groups is 1. The summed E-state index contributed by atoms with van der Waals surface area (Å²) in [5.74, 6) is 0.453. The van der Waals surface area contributed by atoms with Gasteiger partial charge in [-0.2, -0.15) is 13.5 Å². The zero-order valence-electron chi connectivity index (χ0n) is 18.0. The fourth-order valence-electron chi connectivity index (χ4n) is 2.90. The van der Waals surface area contributed by atoms with E-state index >= 15 is 0 Å². The zero-order valence-corrected chi connectivity index (χ0v) is 18.8. The monoisotopic (exact) mass is 452 g/mol. The van der Waals surface area contributed by atoms with Gasteiger partial charge in [-0.25, -0.2) is 5.43 Å². The highest BCUT2D eigenvalue weighted by atomic mass is 32.2. The summed E-state index contributed by atoms with van der Waals surface area (Å²) >= 11 is 0. The summed E-state index contributed by atoms with van der Waals surface area (Å²) < 4.78 is 35.8. The van der Waals surface area contributed by atoms with Gasteiger partial charge in [0.15, 0.2) is 5.75 Å². The molecule has 3 aromatic rings. The molecule has 0 aliphatic rings. The maximum atomic E-state index is 12.6. The van der Waals surface area contributed by atoms with Crippen molar-refractivity contribution < 1.29 is 22.1 Å². The van der Waals surface area contributed by atoms with Crippen molar-refractivity contribution in [2.45, 2.75) is 25.2 Å². The molecule has 3 rings (SSSR count). The lowest BCUT2D eigenvalue weighted by Crippen LogP contribution is -2.20. The fraction of sp³-hybridized carbons (Fsp3) is 0.167. The molecule has 0 fully saturated rings.